The standard InChI is InChI=1S/C18H21N3O2/c22-18(17-9-8-14-5-1-2-7-16(14)23-17)21-12-4-11-20-15-6-3-10-19-13-15/h1-3,5-7,10,13,17,20H,4,8-9,11-12H2,(H,21,22)/t17-/m1/s1. The number of nitrogens with one attached hydrogen (secondary N) is 2. The number of carbonyl (C=O) groups is 1. The highest BCUT2D eigenvalue weighted by atomic mass is 16.5. The molecule has 1 aliphatic rings. The first-order valence-corrected chi connectivity index (χ1v) is 7.99. The highest BCUT2D eigenvalue weighted by Gasteiger charge is 2.25. The van der Waals surface area contributed by atoms with Gasteiger partial charge in [0.15, 0.2) is 6.10 Å². The predicted molar refractivity (Wildman–Crippen MR) is 89.5 cm³/mol. The molecule has 0 aliphatic carbocycles. The first-order valence-electron chi connectivity index (χ1n) is 7.99. The molecule has 5 nitrogen and oxygen atoms in total. The molecule has 0 unspecified atom stereocenters. The van der Waals surface area contributed by atoms with Crippen molar-refractivity contribution in [3.63, 3.8) is 0 Å². The second-order valence-corrected chi connectivity index (χ2v) is 5.57. The fraction of sp³-hybridized carbons (Fsp3) is 0.333. The summed E-state index contributed by atoms with van der Waals surface area (Å²) in [6, 6.07) is 11.8. The zero-order chi connectivity index (χ0) is 15.9. The molecule has 120 valence electrons. The van der Waals surface area contributed by atoms with Crippen molar-refractivity contribution in [3.05, 3.63) is 54.4 Å². The molecule has 23 heavy (non-hydrogen) atoms. The molecule has 3 rings (SSSR count). The summed E-state index contributed by atoms with van der Waals surface area (Å²) >= 11 is 0. The van der Waals surface area contributed by atoms with Crippen molar-refractivity contribution in [1.82, 2.24) is 10.3 Å². The fourth-order valence-corrected chi connectivity index (χ4v) is 2.62. The first-order chi connectivity index (χ1) is 11.3. The van der Waals surface area contributed by atoms with Crippen molar-refractivity contribution in [2.45, 2.75) is 25.4 Å². The maximum absolute atomic E-state index is 12.2. The van der Waals surface area contributed by atoms with E-state index in [1.807, 2.05) is 36.4 Å². The summed E-state index contributed by atoms with van der Waals surface area (Å²) in [6.07, 6.45) is 5.62. The van der Waals surface area contributed by atoms with Crippen LogP contribution in [0, 0.1) is 0 Å². The van der Waals surface area contributed by atoms with Crippen LogP contribution in [-0.2, 0) is 11.2 Å². The summed E-state index contributed by atoms with van der Waals surface area (Å²) in [4.78, 5) is 16.2. The van der Waals surface area contributed by atoms with Crippen LogP contribution in [0.25, 0.3) is 0 Å². The highest BCUT2D eigenvalue weighted by molar-refractivity contribution is 5.81. The minimum atomic E-state index is -0.379. The Bertz CT molecular complexity index is 646. The quantitative estimate of drug-likeness (QED) is 0.804. The van der Waals surface area contributed by atoms with Crippen LogP contribution < -0.4 is 15.4 Å². The Morgan fingerprint density at radius 2 is 2.13 bits per heavy atom. The Morgan fingerprint density at radius 3 is 3.00 bits per heavy atom. The first kappa shape index (κ1) is 15.3. The van der Waals surface area contributed by atoms with Crippen molar-refractivity contribution >= 4 is 11.6 Å². The number of anilines is 1. The average molecular weight is 311 g/mol. The lowest BCUT2D eigenvalue weighted by Crippen LogP contribution is -2.41. The van der Waals surface area contributed by atoms with Gasteiger partial charge in [0.25, 0.3) is 5.91 Å². The van der Waals surface area contributed by atoms with Gasteiger partial charge in [0.2, 0.25) is 0 Å². The number of hydrogen-bond donors (Lipinski definition) is 2. The van der Waals surface area contributed by atoms with Gasteiger partial charge in [0, 0.05) is 25.5 Å². The number of fused-ring (bicyclic) bond motifs is 1. The monoisotopic (exact) mass is 311 g/mol. The van der Waals surface area contributed by atoms with Gasteiger partial charge in [-0.1, -0.05) is 18.2 Å². The maximum atomic E-state index is 12.2. The van der Waals surface area contributed by atoms with Crippen LogP contribution in [0.4, 0.5) is 5.69 Å². The molecular weight excluding hydrogens is 290 g/mol. The third-order valence-corrected chi connectivity index (χ3v) is 3.85. The number of nitrogens with zero attached hydrogens (tertiary/aromatic N) is 1. The zero-order valence-electron chi connectivity index (χ0n) is 13.0. The van der Waals surface area contributed by atoms with Crippen LogP contribution in [-0.4, -0.2) is 30.1 Å². The van der Waals surface area contributed by atoms with Gasteiger partial charge in [0.05, 0.1) is 5.69 Å². The fourth-order valence-electron chi connectivity index (χ4n) is 2.62. The molecule has 0 bridgehead atoms. The number of amides is 1. The molecule has 2 N–H and O–H groups in total. The number of rotatable bonds is 6. The van der Waals surface area contributed by atoms with E-state index in [0.717, 1.165) is 37.2 Å². The van der Waals surface area contributed by atoms with Gasteiger partial charge in [-0.25, -0.2) is 0 Å². The van der Waals surface area contributed by atoms with Crippen LogP contribution in [0.2, 0.25) is 0 Å². The van der Waals surface area contributed by atoms with Crippen LogP contribution >= 0.6 is 0 Å². The summed E-state index contributed by atoms with van der Waals surface area (Å²) in [5, 5.41) is 6.22. The second-order valence-electron chi connectivity index (χ2n) is 5.57. The smallest absolute Gasteiger partial charge is 0.261 e. The molecule has 5 heteroatoms. The van der Waals surface area contributed by atoms with E-state index in [9.17, 15) is 4.79 Å². The highest BCUT2D eigenvalue weighted by Crippen LogP contribution is 2.26. The molecule has 0 saturated carbocycles. The molecule has 0 radical (unpaired) electrons. The van der Waals surface area contributed by atoms with Crippen LogP contribution in [0.5, 0.6) is 5.75 Å². The van der Waals surface area contributed by atoms with Crippen molar-refractivity contribution in [3.8, 4) is 5.75 Å². The Kier molecular flexibility index (Phi) is 5.09. The number of ether oxygens (including phenoxy) is 1. The molecule has 1 aromatic heterocycles. The number of pyridine rings is 1. The van der Waals surface area contributed by atoms with E-state index < -0.39 is 0 Å². The number of aromatic nitrogens is 1. The number of hydrogen-bond acceptors (Lipinski definition) is 4. The Morgan fingerprint density at radius 1 is 1.22 bits per heavy atom. The Balaban J connectivity index is 1.37. The van der Waals surface area contributed by atoms with Crippen LogP contribution in [0.1, 0.15) is 18.4 Å². The SMILES string of the molecule is O=C(NCCCNc1cccnc1)[C@H]1CCc2ccccc2O1. The number of aryl methyl sites for hydroxylation is 1. The predicted octanol–water partition coefficient (Wildman–Crippen LogP) is 2.39. The Hall–Kier alpha value is -2.56. The molecule has 0 spiro atoms. The van der Waals surface area contributed by atoms with E-state index in [2.05, 4.69) is 15.6 Å². The van der Waals surface area contributed by atoms with E-state index >= 15 is 0 Å². The molecule has 1 atom stereocenters. The molecule has 2 heterocycles. The topological polar surface area (TPSA) is 63.2 Å². The van der Waals surface area contributed by atoms with Crippen molar-refractivity contribution in [1.29, 1.82) is 0 Å². The van der Waals surface area contributed by atoms with E-state index in [0.29, 0.717) is 6.54 Å². The normalized spacial score (nSPS) is 16.1. The molecule has 2 aromatic rings. The summed E-state index contributed by atoms with van der Waals surface area (Å²) in [5.74, 6) is 0.804. The van der Waals surface area contributed by atoms with Crippen molar-refractivity contribution in [2.24, 2.45) is 0 Å². The number of carbonyl (C=O) groups excluding carboxylic acids is 1. The zero-order valence-corrected chi connectivity index (χ0v) is 13.0. The molecule has 1 aliphatic heterocycles. The minimum Gasteiger partial charge on any atom is -0.480 e. The molecule has 0 fully saturated rings. The van der Waals surface area contributed by atoms with E-state index in [1.165, 1.54) is 5.56 Å². The molecule has 0 saturated heterocycles. The van der Waals surface area contributed by atoms with Gasteiger partial charge in [-0.3, -0.25) is 9.78 Å². The summed E-state index contributed by atoms with van der Waals surface area (Å²) in [5.41, 5.74) is 2.17. The molecule has 1 aromatic carbocycles. The summed E-state index contributed by atoms with van der Waals surface area (Å²) < 4.78 is 5.78. The Labute approximate surface area is 136 Å². The van der Waals surface area contributed by atoms with Crippen LogP contribution in [0.3, 0.4) is 0 Å². The summed E-state index contributed by atoms with van der Waals surface area (Å²) in [6.45, 7) is 1.42. The van der Waals surface area contributed by atoms with Gasteiger partial charge < -0.3 is 15.4 Å². The third-order valence-electron chi connectivity index (χ3n) is 3.85. The van der Waals surface area contributed by atoms with Gasteiger partial charge in [0.1, 0.15) is 5.75 Å². The lowest BCUT2D eigenvalue weighted by molar-refractivity contribution is -0.128. The van der Waals surface area contributed by atoms with E-state index in [-0.39, 0.29) is 12.0 Å². The van der Waals surface area contributed by atoms with Gasteiger partial charge in [-0.05, 0) is 43.0 Å². The minimum absolute atomic E-state index is 0.0270. The third kappa shape index (κ3) is 4.22. The van der Waals surface area contributed by atoms with Crippen molar-refractivity contribution < 1.29 is 9.53 Å². The molecule has 1 amide bonds. The second kappa shape index (κ2) is 7.63. The van der Waals surface area contributed by atoms with E-state index in [4.69, 9.17) is 4.74 Å². The van der Waals surface area contributed by atoms with Gasteiger partial charge >= 0.3 is 0 Å². The lowest BCUT2D eigenvalue weighted by Gasteiger charge is -2.25. The largest absolute Gasteiger partial charge is 0.480 e. The number of benzene rings is 1. The maximum Gasteiger partial charge on any atom is 0.261 e. The van der Waals surface area contributed by atoms with Gasteiger partial charge in [-0.15, -0.1) is 0 Å². The summed E-state index contributed by atoms with van der Waals surface area (Å²) in [7, 11) is 0. The number of para-hydroxylation sites is 1. The molecular formula is C18H21N3O2. The van der Waals surface area contributed by atoms with Gasteiger partial charge in [-0.2, -0.15) is 0 Å². The average Bonchev–Trinajstić information content (AvgIpc) is 2.61. The lowest BCUT2D eigenvalue weighted by atomic mass is 10.0. The van der Waals surface area contributed by atoms with Crippen molar-refractivity contribution in [2.75, 3.05) is 18.4 Å². The van der Waals surface area contributed by atoms with E-state index in [1.54, 1.807) is 12.4 Å². The van der Waals surface area contributed by atoms with Crippen LogP contribution in [0.15, 0.2) is 48.8 Å².